The van der Waals surface area contributed by atoms with Gasteiger partial charge in [-0.2, -0.15) is 0 Å². The lowest BCUT2D eigenvalue weighted by Crippen LogP contribution is -1.89. The average molecular weight is 221 g/mol. The zero-order chi connectivity index (χ0) is 10.8. The van der Waals surface area contributed by atoms with E-state index in [1.807, 2.05) is 0 Å². The van der Waals surface area contributed by atoms with E-state index in [0.29, 0.717) is 10.6 Å². The molecular formula is C10H7NO3S. The minimum atomic E-state index is -1.01. The molecule has 2 N–H and O–H groups in total. The average Bonchev–Trinajstić information content (AvgIpc) is 2.67. The second-order valence-corrected chi connectivity index (χ2v) is 3.88. The maximum atomic E-state index is 10.6. The van der Waals surface area contributed by atoms with Gasteiger partial charge < -0.3 is 10.2 Å². The molecule has 76 valence electrons. The van der Waals surface area contributed by atoms with Gasteiger partial charge in [-0.05, 0) is 12.1 Å². The lowest BCUT2D eigenvalue weighted by molar-refractivity contribution is 0.0702. The molecule has 0 spiro atoms. The van der Waals surface area contributed by atoms with Crippen molar-refractivity contribution in [3.8, 4) is 16.3 Å². The summed E-state index contributed by atoms with van der Waals surface area (Å²) in [5, 5.41) is 18.8. The smallest absolute Gasteiger partial charge is 0.347 e. The van der Waals surface area contributed by atoms with Crippen LogP contribution < -0.4 is 0 Å². The number of aromatic hydroxyl groups is 1. The van der Waals surface area contributed by atoms with Crippen LogP contribution in [-0.4, -0.2) is 21.2 Å². The molecule has 1 aromatic carbocycles. The van der Waals surface area contributed by atoms with Gasteiger partial charge in [-0.3, -0.25) is 0 Å². The van der Waals surface area contributed by atoms with Gasteiger partial charge in [0.25, 0.3) is 0 Å². The molecule has 0 saturated carbocycles. The van der Waals surface area contributed by atoms with Gasteiger partial charge in [-0.25, -0.2) is 9.78 Å². The van der Waals surface area contributed by atoms with Gasteiger partial charge in [0, 0.05) is 0 Å². The van der Waals surface area contributed by atoms with Gasteiger partial charge in [0.1, 0.15) is 15.6 Å². The normalized spacial score (nSPS) is 10.1. The summed E-state index contributed by atoms with van der Waals surface area (Å²) in [5.41, 5.74) is 0.551. The summed E-state index contributed by atoms with van der Waals surface area (Å²) in [6.07, 6.45) is 1.29. The van der Waals surface area contributed by atoms with Crippen LogP contribution in [0.2, 0.25) is 0 Å². The van der Waals surface area contributed by atoms with Crippen molar-refractivity contribution in [3.05, 3.63) is 35.3 Å². The number of phenols is 1. The number of nitrogens with zero attached hydrogens (tertiary/aromatic N) is 1. The Labute approximate surface area is 89.5 Å². The first-order chi connectivity index (χ1) is 7.18. The number of carboxylic acid groups (broad SMARTS) is 1. The highest BCUT2D eigenvalue weighted by Gasteiger charge is 2.11. The summed E-state index contributed by atoms with van der Waals surface area (Å²) >= 11 is 1.04. The highest BCUT2D eigenvalue weighted by Crippen LogP contribution is 2.31. The van der Waals surface area contributed by atoms with Crippen molar-refractivity contribution in [2.24, 2.45) is 0 Å². The maximum absolute atomic E-state index is 10.6. The Balaban J connectivity index is 2.46. The molecule has 0 unspecified atom stereocenters. The molecule has 1 heterocycles. The number of aromatic carboxylic acids is 1. The highest BCUT2D eigenvalue weighted by atomic mass is 32.1. The molecule has 0 amide bonds. The number of benzene rings is 1. The third kappa shape index (κ3) is 1.82. The number of para-hydroxylation sites is 1. The highest BCUT2D eigenvalue weighted by molar-refractivity contribution is 7.16. The van der Waals surface area contributed by atoms with E-state index in [-0.39, 0.29) is 10.6 Å². The number of aromatic nitrogens is 1. The van der Waals surface area contributed by atoms with Crippen LogP contribution >= 0.6 is 11.3 Å². The maximum Gasteiger partial charge on any atom is 0.347 e. The minimum Gasteiger partial charge on any atom is -0.507 e. The van der Waals surface area contributed by atoms with Gasteiger partial charge >= 0.3 is 5.97 Å². The van der Waals surface area contributed by atoms with Crippen molar-refractivity contribution >= 4 is 17.3 Å². The SMILES string of the molecule is O=C(O)c1cnc(-c2ccccc2O)s1. The number of thiazole rings is 1. The molecular weight excluding hydrogens is 214 g/mol. The first kappa shape index (κ1) is 9.67. The third-order valence-corrected chi connectivity index (χ3v) is 2.87. The molecule has 2 aromatic rings. The largest absolute Gasteiger partial charge is 0.507 e. The van der Waals surface area contributed by atoms with Crippen LogP contribution in [0.3, 0.4) is 0 Å². The molecule has 0 bridgehead atoms. The molecule has 15 heavy (non-hydrogen) atoms. The summed E-state index contributed by atoms with van der Waals surface area (Å²) in [7, 11) is 0. The van der Waals surface area contributed by atoms with Crippen LogP contribution in [0.5, 0.6) is 5.75 Å². The Morgan fingerprint density at radius 2 is 2.07 bits per heavy atom. The van der Waals surface area contributed by atoms with E-state index in [0.717, 1.165) is 11.3 Å². The lowest BCUT2D eigenvalue weighted by atomic mass is 10.2. The van der Waals surface area contributed by atoms with Gasteiger partial charge in [0.05, 0.1) is 11.8 Å². The van der Waals surface area contributed by atoms with E-state index in [9.17, 15) is 9.90 Å². The van der Waals surface area contributed by atoms with Crippen LogP contribution in [0.15, 0.2) is 30.5 Å². The van der Waals surface area contributed by atoms with Gasteiger partial charge in [-0.15, -0.1) is 11.3 Å². The van der Waals surface area contributed by atoms with Crippen LogP contribution in [0.1, 0.15) is 9.67 Å². The number of hydrogen-bond acceptors (Lipinski definition) is 4. The Kier molecular flexibility index (Phi) is 2.39. The van der Waals surface area contributed by atoms with Crippen LogP contribution in [0.25, 0.3) is 10.6 Å². The van der Waals surface area contributed by atoms with Crippen LogP contribution in [0.4, 0.5) is 0 Å². The number of carboxylic acids is 1. The lowest BCUT2D eigenvalue weighted by Gasteiger charge is -1.98. The molecule has 0 saturated heterocycles. The van der Waals surface area contributed by atoms with E-state index >= 15 is 0 Å². The molecule has 0 aliphatic heterocycles. The minimum absolute atomic E-state index is 0.101. The van der Waals surface area contributed by atoms with Crippen molar-refractivity contribution in [2.45, 2.75) is 0 Å². The molecule has 1 aromatic heterocycles. The first-order valence-corrected chi connectivity index (χ1v) is 4.97. The van der Waals surface area contributed by atoms with E-state index in [2.05, 4.69) is 4.98 Å². The number of phenolic OH excluding ortho intramolecular Hbond substituents is 1. The zero-order valence-electron chi connectivity index (χ0n) is 7.54. The predicted octanol–water partition coefficient (Wildman–Crippen LogP) is 2.21. The van der Waals surface area contributed by atoms with Crippen molar-refractivity contribution in [1.29, 1.82) is 0 Å². The standard InChI is InChI=1S/C10H7NO3S/c12-7-4-2-1-3-6(7)9-11-5-8(15-9)10(13)14/h1-5,12H,(H,13,14). The molecule has 0 radical (unpaired) electrons. The fraction of sp³-hybridized carbons (Fsp3) is 0. The van der Waals surface area contributed by atoms with Gasteiger partial charge in [-0.1, -0.05) is 12.1 Å². The van der Waals surface area contributed by atoms with Crippen LogP contribution in [-0.2, 0) is 0 Å². The van der Waals surface area contributed by atoms with Crippen molar-refractivity contribution < 1.29 is 15.0 Å². The van der Waals surface area contributed by atoms with E-state index < -0.39 is 5.97 Å². The molecule has 0 atom stereocenters. The van der Waals surface area contributed by atoms with Crippen molar-refractivity contribution in [2.75, 3.05) is 0 Å². The monoisotopic (exact) mass is 221 g/mol. The second-order valence-electron chi connectivity index (χ2n) is 2.85. The topological polar surface area (TPSA) is 70.4 Å². The Bertz CT molecular complexity index is 507. The predicted molar refractivity (Wildman–Crippen MR) is 56.2 cm³/mol. The Hall–Kier alpha value is -1.88. The molecule has 0 aliphatic rings. The Morgan fingerprint density at radius 3 is 2.67 bits per heavy atom. The zero-order valence-corrected chi connectivity index (χ0v) is 8.36. The molecule has 4 nitrogen and oxygen atoms in total. The van der Waals surface area contributed by atoms with Crippen molar-refractivity contribution in [3.63, 3.8) is 0 Å². The summed E-state index contributed by atoms with van der Waals surface area (Å²) in [4.78, 5) is 14.7. The fourth-order valence-corrected chi connectivity index (χ4v) is 1.94. The first-order valence-electron chi connectivity index (χ1n) is 4.16. The van der Waals surface area contributed by atoms with Crippen molar-refractivity contribution in [1.82, 2.24) is 4.98 Å². The number of rotatable bonds is 2. The fourth-order valence-electron chi connectivity index (χ4n) is 1.15. The summed E-state index contributed by atoms with van der Waals surface area (Å²) in [6.45, 7) is 0. The molecule has 0 fully saturated rings. The van der Waals surface area contributed by atoms with E-state index in [4.69, 9.17) is 5.11 Å². The van der Waals surface area contributed by atoms with E-state index in [1.165, 1.54) is 12.3 Å². The second kappa shape index (κ2) is 3.70. The Morgan fingerprint density at radius 1 is 1.33 bits per heavy atom. The van der Waals surface area contributed by atoms with Crippen LogP contribution in [0, 0.1) is 0 Å². The molecule has 5 heteroatoms. The number of carbonyl (C=O) groups is 1. The third-order valence-electron chi connectivity index (χ3n) is 1.85. The van der Waals surface area contributed by atoms with Gasteiger partial charge in [0.15, 0.2) is 0 Å². The summed E-state index contributed by atoms with van der Waals surface area (Å²) in [6, 6.07) is 6.69. The van der Waals surface area contributed by atoms with E-state index in [1.54, 1.807) is 18.2 Å². The molecule has 0 aliphatic carbocycles. The number of hydrogen-bond donors (Lipinski definition) is 2. The summed E-state index contributed by atoms with van der Waals surface area (Å²) < 4.78 is 0. The molecule has 2 rings (SSSR count). The quantitative estimate of drug-likeness (QED) is 0.815. The summed E-state index contributed by atoms with van der Waals surface area (Å²) in [5.74, 6) is -0.905. The van der Waals surface area contributed by atoms with Gasteiger partial charge in [0.2, 0.25) is 0 Å².